The molecule has 2 aliphatic rings. The number of nitrogens with zero attached hydrogens (tertiary/aromatic N) is 9. The second-order valence-corrected chi connectivity index (χ2v) is 11.9. The fraction of sp³-hybridized carbons (Fsp3) is 0.394. The van der Waals surface area contributed by atoms with Gasteiger partial charge in [-0.2, -0.15) is 10.1 Å². The van der Waals surface area contributed by atoms with Gasteiger partial charge in [-0.1, -0.05) is 42.5 Å². The molecule has 5 aromatic rings. The van der Waals surface area contributed by atoms with E-state index in [0.29, 0.717) is 50.2 Å². The maximum Gasteiger partial charge on any atom is 0.410 e. The number of hydrogen-bond acceptors (Lipinski definition) is 9. The number of rotatable bonds is 9. The van der Waals surface area contributed by atoms with Gasteiger partial charge in [0.05, 0.1) is 23.6 Å². The molecule has 0 aliphatic carbocycles. The topological polar surface area (TPSA) is 121 Å². The third kappa shape index (κ3) is 6.03. The number of carbonyl (C=O) groups excluding carboxylic acids is 1. The van der Waals surface area contributed by atoms with Crippen LogP contribution in [0.4, 0.5) is 10.6 Å². The number of likely N-dealkylation sites (tertiary alicyclic amines) is 1. The van der Waals surface area contributed by atoms with Crippen molar-refractivity contribution in [3.05, 3.63) is 89.2 Å². The molecule has 2 aliphatic heterocycles. The number of carbonyl (C=O) groups is 1. The number of fused-ring (bicyclic) bond motifs is 2. The van der Waals surface area contributed by atoms with E-state index in [9.17, 15) is 4.79 Å². The Morgan fingerprint density at radius 1 is 1.09 bits per heavy atom. The number of nitrogens with one attached hydrogen (secondary N) is 1. The SMILES string of the molecule is [C-]#[N+]C[C@H]1CN(c2nc(OC[C@@H]3CCCN3C)nn3c(Cc4cccc5[nH]ncc45)cnc23)CCN1C(=O)OCc1ccccc1. The first-order valence-electron chi connectivity index (χ1n) is 15.6. The van der Waals surface area contributed by atoms with Gasteiger partial charge in [-0.15, -0.1) is 5.10 Å². The molecule has 0 bridgehead atoms. The van der Waals surface area contributed by atoms with Crippen molar-refractivity contribution in [1.29, 1.82) is 0 Å². The molecule has 0 radical (unpaired) electrons. The Morgan fingerprint density at radius 2 is 1.98 bits per heavy atom. The van der Waals surface area contributed by atoms with Gasteiger partial charge < -0.3 is 24.1 Å². The molecule has 3 aromatic heterocycles. The van der Waals surface area contributed by atoms with Crippen LogP contribution >= 0.6 is 0 Å². The minimum Gasteiger partial charge on any atom is -0.461 e. The Morgan fingerprint density at radius 3 is 2.80 bits per heavy atom. The van der Waals surface area contributed by atoms with Crippen molar-refractivity contribution in [3.8, 4) is 6.01 Å². The summed E-state index contributed by atoms with van der Waals surface area (Å²) in [5, 5.41) is 13.1. The number of amides is 1. The van der Waals surface area contributed by atoms with Crippen LogP contribution in [0.25, 0.3) is 21.4 Å². The van der Waals surface area contributed by atoms with Gasteiger partial charge in [0.2, 0.25) is 6.54 Å². The third-order valence-electron chi connectivity index (χ3n) is 8.94. The zero-order valence-corrected chi connectivity index (χ0v) is 25.7. The van der Waals surface area contributed by atoms with Gasteiger partial charge in [0, 0.05) is 37.5 Å². The normalized spacial score (nSPS) is 18.7. The van der Waals surface area contributed by atoms with Crippen LogP contribution in [0.3, 0.4) is 0 Å². The van der Waals surface area contributed by atoms with E-state index < -0.39 is 6.09 Å². The lowest BCUT2D eigenvalue weighted by Crippen LogP contribution is -2.56. The molecule has 5 heterocycles. The second kappa shape index (κ2) is 13.0. The molecule has 0 unspecified atom stereocenters. The number of H-pyrrole nitrogens is 1. The number of piperazine rings is 1. The molecule has 0 saturated carbocycles. The molecule has 2 aromatic carbocycles. The standard InChI is InChI=1S/C33H36N10O3/c1-34-17-27-20-41(14-15-42(27)33(44)46-21-23-8-4-3-5-9-23)31-30-35-18-26(16-24-10-6-12-29-28(24)19-36-38-29)43(30)39-32(37-31)45-22-25-11-7-13-40(25)2/h3-6,8-10,12,18-19,25,27H,7,11,13-17,20-22H2,2H3,(H,36,38)/t25-,27-/m0/s1. The average Bonchev–Trinajstić information content (AvgIpc) is 3.83. The Kier molecular flexibility index (Phi) is 8.35. The van der Waals surface area contributed by atoms with Gasteiger partial charge in [-0.25, -0.2) is 20.9 Å². The van der Waals surface area contributed by atoms with Crippen molar-refractivity contribution in [2.75, 3.05) is 51.3 Å². The molecule has 0 spiro atoms. The van der Waals surface area contributed by atoms with Crippen molar-refractivity contribution in [2.24, 2.45) is 0 Å². The first kappa shape index (κ1) is 29.5. The van der Waals surface area contributed by atoms with Gasteiger partial charge in [-0.3, -0.25) is 10.00 Å². The molecule has 46 heavy (non-hydrogen) atoms. The van der Waals surface area contributed by atoms with E-state index in [2.05, 4.69) is 38.0 Å². The smallest absolute Gasteiger partial charge is 0.410 e. The summed E-state index contributed by atoms with van der Waals surface area (Å²) in [5.41, 5.74) is 4.47. The highest BCUT2D eigenvalue weighted by Gasteiger charge is 2.35. The molecule has 2 saturated heterocycles. The molecular formula is C33H36N10O3. The highest BCUT2D eigenvalue weighted by Crippen LogP contribution is 2.27. The van der Waals surface area contributed by atoms with E-state index in [0.717, 1.165) is 47.1 Å². The lowest BCUT2D eigenvalue weighted by molar-refractivity contribution is 0.0788. The predicted molar refractivity (Wildman–Crippen MR) is 172 cm³/mol. The number of aromatic nitrogens is 6. The summed E-state index contributed by atoms with van der Waals surface area (Å²) in [7, 11) is 2.11. The van der Waals surface area contributed by atoms with E-state index in [1.54, 1.807) is 4.90 Å². The zero-order chi connectivity index (χ0) is 31.5. The maximum atomic E-state index is 13.2. The summed E-state index contributed by atoms with van der Waals surface area (Å²) in [4.78, 5) is 32.5. The summed E-state index contributed by atoms with van der Waals surface area (Å²) in [6.45, 7) is 10.7. The Labute approximate surface area is 266 Å². The quantitative estimate of drug-likeness (QED) is 0.245. The molecule has 236 valence electrons. The molecule has 13 heteroatoms. The van der Waals surface area contributed by atoms with Crippen LogP contribution in [0.2, 0.25) is 0 Å². The number of likely N-dealkylation sites (N-methyl/N-ethyl adjacent to an activating group) is 1. The molecule has 2 fully saturated rings. The van der Waals surface area contributed by atoms with Crippen molar-refractivity contribution < 1.29 is 14.3 Å². The number of anilines is 1. The lowest BCUT2D eigenvalue weighted by atomic mass is 10.1. The van der Waals surface area contributed by atoms with Gasteiger partial charge in [0.25, 0.3) is 0 Å². The summed E-state index contributed by atoms with van der Waals surface area (Å²) in [5.74, 6) is 0.616. The molecule has 1 amide bonds. The summed E-state index contributed by atoms with van der Waals surface area (Å²) in [6, 6.07) is 15.9. The molecule has 13 nitrogen and oxygen atoms in total. The zero-order valence-electron chi connectivity index (χ0n) is 25.7. The van der Waals surface area contributed by atoms with Crippen LogP contribution in [0, 0.1) is 6.57 Å². The number of imidazole rings is 1. The predicted octanol–water partition coefficient (Wildman–Crippen LogP) is 3.81. The van der Waals surface area contributed by atoms with E-state index in [4.69, 9.17) is 31.1 Å². The summed E-state index contributed by atoms with van der Waals surface area (Å²) >= 11 is 0. The van der Waals surface area contributed by atoms with E-state index in [1.807, 2.05) is 59.4 Å². The van der Waals surface area contributed by atoms with Crippen LogP contribution in [-0.2, 0) is 17.8 Å². The summed E-state index contributed by atoms with van der Waals surface area (Å²) in [6.07, 6.45) is 6.03. The minimum absolute atomic E-state index is 0.143. The van der Waals surface area contributed by atoms with Gasteiger partial charge >= 0.3 is 12.1 Å². The first-order valence-corrected chi connectivity index (χ1v) is 15.6. The average molecular weight is 621 g/mol. The van der Waals surface area contributed by atoms with Gasteiger partial charge in [0.1, 0.15) is 19.3 Å². The molecule has 2 atom stereocenters. The van der Waals surface area contributed by atoms with Crippen molar-refractivity contribution in [1.82, 2.24) is 39.6 Å². The van der Waals surface area contributed by atoms with Gasteiger partial charge in [0.15, 0.2) is 11.5 Å². The van der Waals surface area contributed by atoms with Gasteiger partial charge in [-0.05, 0) is 43.6 Å². The maximum absolute atomic E-state index is 13.2. The fourth-order valence-electron chi connectivity index (χ4n) is 6.38. The van der Waals surface area contributed by atoms with Crippen molar-refractivity contribution in [3.63, 3.8) is 0 Å². The Hall–Kier alpha value is -5.22. The number of ether oxygens (including phenoxy) is 2. The van der Waals surface area contributed by atoms with Crippen LogP contribution < -0.4 is 9.64 Å². The third-order valence-corrected chi connectivity index (χ3v) is 8.94. The fourth-order valence-corrected chi connectivity index (χ4v) is 6.38. The molecule has 1 N–H and O–H groups in total. The Bertz CT molecular complexity index is 1870. The van der Waals surface area contributed by atoms with Crippen LogP contribution in [0.5, 0.6) is 6.01 Å². The van der Waals surface area contributed by atoms with Crippen LogP contribution in [-0.4, -0.2) is 104 Å². The monoisotopic (exact) mass is 620 g/mol. The van der Waals surface area contributed by atoms with Crippen molar-refractivity contribution >= 4 is 28.5 Å². The largest absolute Gasteiger partial charge is 0.461 e. The number of hydrogen-bond donors (Lipinski definition) is 1. The van der Waals surface area contributed by atoms with Crippen LogP contribution in [0.1, 0.15) is 29.7 Å². The highest BCUT2D eigenvalue weighted by atomic mass is 16.6. The van der Waals surface area contributed by atoms with E-state index in [1.165, 1.54) is 0 Å². The highest BCUT2D eigenvalue weighted by molar-refractivity contribution is 5.82. The van der Waals surface area contributed by atoms with Crippen molar-refractivity contribution in [2.45, 2.75) is 38.0 Å². The van der Waals surface area contributed by atoms with E-state index in [-0.39, 0.29) is 25.2 Å². The minimum atomic E-state index is -0.425. The molecule has 7 rings (SSSR count). The first-order chi connectivity index (χ1) is 22.6. The lowest BCUT2D eigenvalue weighted by Gasteiger charge is -2.39. The number of benzene rings is 2. The van der Waals surface area contributed by atoms with E-state index >= 15 is 0 Å². The second-order valence-electron chi connectivity index (χ2n) is 11.9. The molecular weight excluding hydrogens is 584 g/mol. The Balaban J connectivity index is 1.17. The number of aromatic amines is 1. The summed E-state index contributed by atoms with van der Waals surface area (Å²) < 4.78 is 13.7. The van der Waals surface area contributed by atoms with Crippen LogP contribution in [0.15, 0.2) is 60.9 Å².